The lowest BCUT2D eigenvalue weighted by Crippen LogP contribution is -2.56. The van der Waals surface area contributed by atoms with E-state index in [0.29, 0.717) is 32.7 Å². The Kier molecular flexibility index (Phi) is 8.73. The number of nitrogens with one attached hydrogen (secondary N) is 2. The van der Waals surface area contributed by atoms with E-state index in [9.17, 15) is 19.5 Å². The zero-order chi connectivity index (χ0) is 23.2. The first-order valence-electron chi connectivity index (χ1n) is 11.0. The number of unbranched alkanes of at least 4 members (excludes halogenated alkanes) is 1. The summed E-state index contributed by atoms with van der Waals surface area (Å²) < 4.78 is 17.4. The minimum atomic E-state index is -1.37. The van der Waals surface area contributed by atoms with Crippen molar-refractivity contribution >= 4 is 25.0 Å². The normalized spacial score (nSPS) is 22.0. The Hall–Kier alpha value is -1.85. The number of nitrogens with zero attached hydrogens (tertiary/aromatic N) is 1. The second kappa shape index (κ2) is 10.6. The van der Waals surface area contributed by atoms with E-state index >= 15 is 0 Å². The molecule has 2 saturated heterocycles. The molecule has 0 aromatic heterocycles. The molecule has 0 saturated carbocycles. The predicted molar refractivity (Wildman–Crippen MR) is 115 cm³/mol. The van der Waals surface area contributed by atoms with E-state index in [1.165, 1.54) is 0 Å². The molecule has 0 aromatic rings. The van der Waals surface area contributed by atoms with Crippen LogP contribution in [0.4, 0.5) is 4.79 Å². The van der Waals surface area contributed by atoms with Crippen molar-refractivity contribution in [3.05, 3.63) is 0 Å². The van der Waals surface area contributed by atoms with Gasteiger partial charge >= 0.3 is 13.2 Å². The predicted octanol–water partition coefficient (Wildman–Crippen LogP) is 1.18. The van der Waals surface area contributed by atoms with Crippen LogP contribution in [0.5, 0.6) is 0 Å². The van der Waals surface area contributed by atoms with Gasteiger partial charge in [0.05, 0.1) is 36.8 Å². The quantitative estimate of drug-likeness (QED) is 0.459. The highest BCUT2D eigenvalue weighted by Crippen LogP contribution is 2.38. The number of ether oxygens (including phenoxy) is 1. The zero-order valence-electron chi connectivity index (χ0n) is 19.2. The summed E-state index contributed by atoms with van der Waals surface area (Å²) >= 11 is 0. The number of carbonyl (C=O) groups excluding carboxylic acids is 2. The number of morpholine rings is 1. The van der Waals surface area contributed by atoms with Gasteiger partial charge in [-0.1, -0.05) is 19.8 Å². The molecule has 0 spiro atoms. The fourth-order valence-electron chi connectivity index (χ4n) is 3.51. The van der Waals surface area contributed by atoms with Crippen LogP contribution in [0.2, 0.25) is 0 Å². The van der Waals surface area contributed by atoms with E-state index in [1.54, 1.807) is 4.90 Å². The van der Waals surface area contributed by atoms with Crippen molar-refractivity contribution in [1.82, 2.24) is 15.5 Å². The number of hydrogen-bond acceptors (Lipinski definition) is 6. The molecule has 2 unspecified atom stereocenters. The van der Waals surface area contributed by atoms with E-state index in [2.05, 4.69) is 10.6 Å². The second-order valence-corrected chi connectivity index (χ2v) is 9.08. The fourth-order valence-corrected chi connectivity index (χ4v) is 3.51. The minimum absolute atomic E-state index is 0.262. The molecule has 0 bridgehead atoms. The maximum atomic E-state index is 13.0. The van der Waals surface area contributed by atoms with Crippen LogP contribution in [0.1, 0.15) is 60.3 Å². The van der Waals surface area contributed by atoms with Gasteiger partial charge < -0.3 is 34.7 Å². The molecular formula is C20H36BN3O7. The van der Waals surface area contributed by atoms with Gasteiger partial charge in [-0.15, -0.1) is 0 Å². The maximum Gasteiger partial charge on any atom is 0.481 e. The molecule has 2 atom stereocenters. The smallest absolute Gasteiger partial charge is 0.465 e. The fraction of sp³-hybridized carbons (Fsp3) is 0.850. The maximum absolute atomic E-state index is 13.0. The Morgan fingerprint density at radius 3 is 2.16 bits per heavy atom. The Bertz CT molecular complexity index is 637. The largest absolute Gasteiger partial charge is 0.481 e. The first kappa shape index (κ1) is 25.4. The molecule has 0 radical (unpaired) electrons. The molecule has 11 heteroatoms. The number of rotatable bonds is 9. The summed E-state index contributed by atoms with van der Waals surface area (Å²) in [6.45, 7) is 11.5. The first-order valence-corrected chi connectivity index (χ1v) is 11.0. The Morgan fingerprint density at radius 2 is 1.65 bits per heavy atom. The summed E-state index contributed by atoms with van der Waals surface area (Å²) in [5.41, 5.74) is -1.12. The highest BCUT2D eigenvalue weighted by molar-refractivity contribution is 6.48. The van der Waals surface area contributed by atoms with Gasteiger partial charge in [-0.3, -0.25) is 9.59 Å². The number of carboxylic acid groups (broad SMARTS) is 1. The van der Waals surface area contributed by atoms with E-state index in [0.717, 1.165) is 12.8 Å². The summed E-state index contributed by atoms with van der Waals surface area (Å²) in [4.78, 5) is 38.4. The standard InChI is InChI=1S/C20H36BN3O7/c1-6-7-8-15(21-30-19(2,3)20(4,5)31-21)23-17(26)14(22-18(27)28)13-16(25)24-9-11-29-12-10-24/h14-15,22H,6-13H2,1-5H3,(H,23,26)(H,27,28). The average molecular weight is 441 g/mol. The number of hydrogen-bond donors (Lipinski definition) is 3. The summed E-state index contributed by atoms with van der Waals surface area (Å²) in [7, 11) is -0.666. The molecule has 2 rings (SSSR count). The monoisotopic (exact) mass is 441 g/mol. The third-order valence-electron chi connectivity index (χ3n) is 6.15. The van der Waals surface area contributed by atoms with Crippen molar-refractivity contribution < 1.29 is 33.5 Å². The third-order valence-corrected chi connectivity index (χ3v) is 6.15. The summed E-state index contributed by atoms with van der Waals surface area (Å²) in [5.74, 6) is -1.33. The number of amides is 3. The van der Waals surface area contributed by atoms with Crippen molar-refractivity contribution in [3.8, 4) is 0 Å². The van der Waals surface area contributed by atoms with Crippen molar-refractivity contribution in [2.75, 3.05) is 26.3 Å². The SMILES string of the molecule is CCCCC(NC(=O)C(CC(=O)N1CCOCC1)NC(=O)O)B1OC(C)(C)C(C)(C)O1. The lowest BCUT2D eigenvalue weighted by Gasteiger charge is -2.32. The van der Waals surface area contributed by atoms with Crippen LogP contribution in [0.15, 0.2) is 0 Å². The molecule has 176 valence electrons. The highest BCUT2D eigenvalue weighted by atomic mass is 16.7. The lowest BCUT2D eigenvalue weighted by atomic mass is 9.75. The van der Waals surface area contributed by atoms with Gasteiger partial charge in [-0.2, -0.15) is 0 Å². The van der Waals surface area contributed by atoms with Crippen LogP contribution in [0.25, 0.3) is 0 Å². The molecule has 0 aromatic carbocycles. The van der Waals surface area contributed by atoms with Crippen molar-refractivity contribution in [1.29, 1.82) is 0 Å². The topological polar surface area (TPSA) is 126 Å². The second-order valence-electron chi connectivity index (χ2n) is 9.08. The molecule has 2 aliphatic rings. The third kappa shape index (κ3) is 6.82. The van der Waals surface area contributed by atoms with E-state index < -0.39 is 42.3 Å². The van der Waals surface area contributed by atoms with Gasteiger partial charge in [0.2, 0.25) is 11.8 Å². The van der Waals surface area contributed by atoms with E-state index in [-0.39, 0.29) is 12.3 Å². The molecule has 2 heterocycles. The van der Waals surface area contributed by atoms with Crippen LogP contribution in [-0.2, 0) is 23.6 Å². The molecule has 10 nitrogen and oxygen atoms in total. The average Bonchev–Trinajstić information content (AvgIpc) is 2.91. The Balaban J connectivity index is 2.09. The van der Waals surface area contributed by atoms with Gasteiger partial charge in [0.1, 0.15) is 6.04 Å². The van der Waals surface area contributed by atoms with Crippen LogP contribution in [0.3, 0.4) is 0 Å². The van der Waals surface area contributed by atoms with Crippen molar-refractivity contribution in [2.45, 2.75) is 83.5 Å². The van der Waals surface area contributed by atoms with E-state index in [1.807, 2.05) is 34.6 Å². The highest BCUT2D eigenvalue weighted by Gasteiger charge is 2.54. The Labute approximate surface area is 184 Å². The number of carbonyl (C=O) groups is 3. The molecule has 2 fully saturated rings. The summed E-state index contributed by atoms with van der Waals surface area (Å²) in [5, 5.41) is 14.2. The van der Waals surface area contributed by atoms with Crippen LogP contribution in [0, 0.1) is 0 Å². The first-order chi connectivity index (χ1) is 14.5. The molecular weight excluding hydrogens is 405 g/mol. The van der Waals surface area contributed by atoms with Crippen LogP contribution in [-0.4, -0.2) is 84.5 Å². The van der Waals surface area contributed by atoms with Crippen LogP contribution >= 0.6 is 0 Å². The zero-order valence-corrected chi connectivity index (χ0v) is 19.2. The van der Waals surface area contributed by atoms with Crippen LogP contribution < -0.4 is 10.6 Å². The van der Waals surface area contributed by atoms with Crippen molar-refractivity contribution in [3.63, 3.8) is 0 Å². The van der Waals surface area contributed by atoms with Gasteiger partial charge in [0.15, 0.2) is 0 Å². The molecule has 2 aliphatic heterocycles. The van der Waals surface area contributed by atoms with Crippen molar-refractivity contribution in [2.24, 2.45) is 0 Å². The van der Waals surface area contributed by atoms with E-state index in [4.69, 9.17) is 14.0 Å². The van der Waals surface area contributed by atoms with Gasteiger partial charge in [0.25, 0.3) is 0 Å². The Morgan fingerprint density at radius 1 is 1.06 bits per heavy atom. The molecule has 3 amide bonds. The molecule has 3 N–H and O–H groups in total. The minimum Gasteiger partial charge on any atom is -0.465 e. The molecule has 31 heavy (non-hydrogen) atoms. The summed E-state index contributed by atoms with van der Waals surface area (Å²) in [6, 6.07) is -1.21. The molecule has 0 aliphatic carbocycles. The van der Waals surface area contributed by atoms with Gasteiger partial charge in [0, 0.05) is 13.1 Å². The van der Waals surface area contributed by atoms with Gasteiger partial charge in [-0.25, -0.2) is 4.79 Å². The van der Waals surface area contributed by atoms with Gasteiger partial charge in [-0.05, 0) is 34.1 Å². The summed E-state index contributed by atoms with van der Waals surface area (Å²) in [6.07, 6.45) is 0.727. The lowest BCUT2D eigenvalue weighted by molar-refractivity contribution is -0.138.